The van der Waals surface area contributed by atoms with E-state index in [1.54, 1.807) is 14.0 Å². The van der Waals surface area contributed by atoms with Crippen molar-refractivity contribution in [3.8, 4) is 0 Å². The average Bonchev–Trinajstić information content (AvgIpc) is 3.11. The number of guanidine groups is 1. The van der Waals surface area contributed by atoms with Crippen molar-refractivity contribution in [3.05, 3.63) is 36.5 Å². The number of sulfonamides is 1. The number of nitrogens with one attached hydrogen (secondary N) is 2. The first kappa shape index (κ1) is 25.7. The molecule has 164 valence electrons. The highest BCUT2D eigenvalue weighted by Gasteiger charge is 2.13. The minimum atomic E-state index is -3.11. The summed E-state index contributed by atoms with van der Waals surface area (Å²) >= 11 is 0. The molecule has 0 bridgehead atoms. The van der Waals surface area contributed by atoms with E-state index in [4.69, 9.17) is 0 Å². The molecule has 1 aromatic heterocycles. The third-order valence-electron chi connectivity index (χ3n) is 4.63. The Bertz CT molecular complexity index is 867. The maximum absolute atomic E-state index is 11.8. The molecule has 2 N–H and O–H groups in total. The number of benzene rings is 1. The third kappa shape index (κ3) is 8.13. The molecule has 7 nitrogen and oxygen atoms in total. The Labute approximate surface area is 192 Å². The lowest BCUT2D eigenvalue weighted by molar-refractivity contribution is 0.461. The fourth-order valence-corrected chi connectivity index (χ4v) is 3.83. The molecule has 0 aliphatic rings. The van der Waals surface area contributed by atoms with E-state index in [1.165, 1.54) is 15.2 Å². The van der Waals surface area contributed by atoms with Crippen LogP contribution in [0, 0.1) is 0 Å². The van der Waals surface area contributed by atoms with Gasteiger partial charge in [-0.05, 0) is 44.2 Å². The van der Waals surface area contributed by atoms with Crippen molar-refractivity contribution in [3.63, 3.8) is 0 Å². The largest absolute Gasteiger partial charge is 0.357 e. The van der Waals surface area contributed by atoms with Crippen molar-refractivity contribution in [2.24, 2.45) is 4.99 Å². The SMILES string of the molecule is CCNC(=NCCCn1ccc2ccccc21)NCCCN(C)S(=O)(=O)CC.I. The first-order valence-corrected chi connectivity index (χ1v) is 11.6. The Morgan fingerprint density at radius 2 is 1.90 bits per heavy atom. The molecule has 2 rings (SSSR count). The second-order valence-corrected chi connectivity index (χ2v) is 9.05. The van der Waals surface area contributed by atoms with Crippen LogP contribution in [0.1, 0.15) is 26.7 Å². The number of aryl methyl sites for hydroxylation is 1. The molecule has 0 aliphatic heterocycles. The Balaban J connectivity index is 0.00000420. The smallest absolute Gasteiger partial charge is 0.213 e. The molecule has 0 unspecified atom stereocenters. The topological polar surface area (TPSA) is 78.7 Å². The molecule has 1 heterocycles. The molecule has 2 aromatic rings. The summed E-state index contributed by atoms with van der Waals surface area (Å²) in [5.41, 5.74) is 1.25. The van der Waals surface area contributed by atoms with Crippen LogP contribution < -0.4 is 10.6 Å². The Hall–Kier alpha value is -1.33. The molecular formula is C20H34IN5O2S. The number of halogens is 1. The van der Waals surface area contributed by atoms with E-state index in [1.807, 2.05) is 6.92 Å². The Morgan fingerprint density at radius 1 is 1.14 bits per heavy atom. The van der Waals surface area contributed by atoms with Crippen LogP contribution in [0.25, 0.3) is 10.9 Å². The maximum Gasteiger partial charge on any atom is 0.213 e. The average molecular weight is 535 g/mol. The van der Waals surface area contributed by atoms with Crippen LogP contribution >= 0.6 is 24.0 Å². The molecule has 29 heavy (non-hydrogen) atoms. The highest BCUT2D eigenvalue weighted by molar-refractivity contribution is 14.0. The van der Waals surface area contributed by atoms with Gasteiger partial charge in [-0.25, -0.2) is 12.7 Å². The van der Waals surface area contributed by atoms with Gasteiger partial charge in [0.05, 0.1) is 5.75 Å². The summed E-state index contributed by atoms with van der Waals surface area (Å²) in [6.07, 6.45) is 3.81. The van der Waals surface area contributed by atoms with Gasteiger partial charge in [-0.1, -0.05) is 18.2 Å². The highest BCUT2D eigenvalue weighted by Crippen LogP contribution is 2.15. The Morgan fingerprint density at radius 3 is 2.62 bits per heavy atom. The molecule has 0 atom stereocenters. The van der Waals surface area contributed by atoms with E-state index in [0.717, 1.165) is 38.4 Å². The van der Waals surface area contributed by atoms with Crippen molar-refractivity contribution in [1.82, 2.24) is 19.5 Å². The first-order valence-electron chi connectivity index (χ1n) is 9.98. The molecular weight excluding hydrogens is 501 g/mol. The number of nitrogens with zero attached hydrogens (tertiary/aromatic N) is 3. The van der Waals surface area contributed by atoms with Crippen molar-refractivity contribution in [2.45, 2.75) is 33.2 Å². The second kappa shape index (κ2) is 13.1. The lowest BCUT2D eigenvalue weighted by Gasteiger charge is -2.16. The second-order valence-electron chi connectivity index (χ2n) is 6.68. The van der Waals surface area contributed by atoms with Crippen LogP contribution in [-0.4, -0.2) is 62.2 Å². The van der Waals surface area contributed by atoms with Gasteiger partial charge in [0.1, 0.15) is 0 Å². The van der Waals surface area contributed by atoms with Crippen molar-refractivity contribution in [1.29, 1.82) is 0 Å². The van der Waals surface area contributed by atoms with E-state index in [-0.39, 0.29) is 29.7 Å². The van der Waals surface area contributed by atoms with Gasteiger partial charge >= 0.3 is 0 Å². The summed E-state index contributed by atoms with van der Waals surface area (Å²) in [5, 5.41) is 7.78. The van der Waals surface area contributed by atoms with Crippen LogP contribution in [0.2, 0.25) is 0 Å². The number of hydrogen-bond acceptors (Lipinski definition) is 3. The van der Waals surface area contributed by atoms with Crippen molar-refractivity contribution >= 4 is 50.9 Å². The van der Waals surface area contributed by atoms with E-state index >= 15 is 0 Å². The monoisotopic (exact) mass is 535 g/mol. The quantitative estimate of drug-likeness (QED) is 0.201. The number of aliphatic imine (C=N–C) groups is 1. The Kier molecular flexibility index (Phi) is 11.6. The fraction of sp³-hybridized carbons (Fsp3) is 0.550. The van der Waals surface area contributed by atoms with Gasteiger partial charge in [-0.2, -0.15) is 0 Å². The summed E-state index contributed by atoms with van der Waals surface area (Å²) in [6, 6.07) is 10.5. The zero-order valence-electron chi connectivity index (χ0n) is 17.6. The lowest BCUT2D eigenvalue weighted by Crippen LogP contribution is -2.39. The predicted octanol–water partition coefficient (Wildman–Crippen LogP) is 2.88. The summed E-state index contributed by atoms with van der Waals surface area (Å²) in [4.78, 5) is 4.62. The molecule has 1 aromatic carbocycles. The van der Waals surface area contributed by atoms with Crippen LogP contribution in [0.15, 0.2) is 41.5 Å². The number of hydrogen-bond donors (Lipinski definition) is 2. The lowest BCUT2D eigenvalue weighted by atomic mass is 10.2. The minimum absolute atomic E-state index is 0. The first-order chi connectivity index (χ1) is 13.5. The van der Waals surface area contributed by atoms with Crippen molar-refractivity contribution in [2.75, 3.05) is 39.0 Å². The molecule has 0 fully saturated rings. The summed E-state index contributed by atoms with van der Waals surface area (Å²) in [6.45, 7) is 7.32. The van der Waals surface area contributed by atoms with E-state index in [2.05, 4.69) is 56.7 Å². The molecule has 0 amide bonds. The summed E-state index contributed by atoms with van der Waals surface area (Å²) in [7, 11) is -1.48. The molecule has 0 aliphatic carbocycles. The van der Waals surface area contributed by atoms with Gasteiger partial charge in [0.25, 0.3) is 0 Å². The molecule has 0 saturated heterocycles. The zero-order valence-corrected chi connectivity index (χ0v) is 20.7. The molecule has 0 spiro atoms. The zero-order chi connectivity index (χ0) is 20.4. The number of rotatable bonds is 11. The van der Waals surface area contributed by atoms with Gasteiger partial charge in [-0.3, -0.25) is 4.99 Å². The number of fused-ring (bicyclic) bond motifs is 1. The van der Waals surface area contributed by atoms with Gasteiger partial charge in [-0.15, -0.1) is 24.0 Å². The normalized spacial score (nSPS) is 12.2. The van der Waals surface area contributed by atoms with Gasteiger partial charge < -0.3 is 15.2 Å². The standard InChI is InChI=1S/C20H33N5O2S.HI/c1-4-21-20(22-13-8-15-24(3)28(26,27)5-2)23-14-9-16-25-17-12-18-10-6-7-11-19(18)25;/h6-7,10-12,17H,4-5,8-9,13-16H2,1-3H3,(H2,21,22,23);1H. The van der Waals surface area contributed by atoms with Crippen LogP contribution in [-0.2, 0) is 16.6 Å². The van der Waals surface area contributed by atoms with Gasteiger partial charge in [0.2, 0.25) is 10.0 Å². The predicted molar refractivity (Wildman–Crippen MR) is 133 cm³/mol. The van der Waals surface area contributed by atoms with Crippen molar-refractivity contribution < 1.29 is 8.42 Å². The van der Waals surface area contributed by atoms with E-state index in [9.17, 15) is 8.42 Å². The molecule has 0 saturated carbocycles. The summed E-state index contributed by atoms with van der Waals surface area (Å²) < 4.78 is 27.2. The van der Waals surface area contributed by atoms with E-state index in [0.29, 0.717) is 13.1 Å². The van der Waals surface area contributed by atoms with Crippen LogP contribution in [0.4, 0.5) is 0 Å². The van der Waals surface area contributed by atoms with Gasteiger partial charge in [0.15, 0.2) is 5.96 Å². The molecule has 0 radical (unpaired) electrons. The maximum atomic E-state index is 11.8. The number of para-hydroxylation sites is 1. The molecule has 9 heteroatoms. The van der Waals surface area contributed by atoms with Crippen LogP contribution in [0.3, 0.4) is 0 Å². The third-order valence-corrected chi connectivity index (χ3v) is 6.50. The van der Waals surface area contributed by atoms with Crippen LogP contribution in [0.5, 0.6) is 0 Å². The van der Waals surface area contributed by atoms with E-state index < -0.39 is 10.0 Å². The highest BCUT2D eigenvalue weighted by atomic mass is 127. The minimum Gasteiger partial charge on any atom is -0.357 e. The summed E-state index contributed by atoms with van der Waals surface area (Å²) in [5.74, 6) is 0.915. The van der Waals surface area contributed by atoms with Gasteiger partial charge in [0, 0.05) is 51.5 Å². The number of aromatic nitrogens is 1. The fourth-order valence-electron chi connectivity index (χ4n) is 2.98.